The maximum atomic E-state index is 8.51. The van der Waals surface area contributed by atoms with Gasteiger partial charge in [0.15, 0.2) is 0 Å². The van der Waals surface area contributed by atoms with E-state index in [1.807, 2.05) is 6.07 Å². The molecule has 1 heterocycles. The molecule has 0 unspecified atom stereocenters. The lowest BCUT2D eigenvalue weighted by Crippen LogP contribution is -2.08. The number of hydrogen-bond acceptors (Lipinski definition) is 4. The van der Waals surface area contributed by atoms with Crippen LogP contribution in [0.4, 0.5) is 5.82 Å². The Hall–Kier alpha value is -1.60. The fourth-order valence-electron chi connectivity index (χ4n) is 0.846. The van der Waals surface area contributed by atoms with Crippen LogP contribution in [-0.4, -0.2) is 25.2 Å². The van der Waals surface area contributed by atoms with Crippen molar-refractivity contribution in [1.82, 2.24) is 4.98 Å². The van der Waals surface area contributed by atoms with Crippen molar-refractivity contribution < 1.29 is 4.74 Å². The smallest absolute Gasteiger partial charge is 0.126 e. The fraction of sp³-hybridized carbons (Fsp3) is 0.333. The lowest BCUT2D eigenvalue weighted by Gasteiger charge is -2.03. The second-order valence-corrected chi connectivity index (χ2v) is 2.46. The third-order valence-electron chi connectivity index (χ3n) is 1.50. The summed E-state index contributed by atoms with van der Waals surface area (Å²) in [6.07, 6.45) is 1.54. The zero-order valence-corrected chi connectivity index (χ0v) is 7.45. The van der Waals surface area contributed by atoms with Crippen LogP contribution >= 0.6 is 0 Å². The highest BCUT2D eigenvalue weighted by Gasteiger charge is 1.93. The Bertz CT molecular complexity index is 289. The van der Waals surface area contributed by atoms with Gasteiger partial charge in [-0.15, -0.1) is 0 Å². The standard InChI is InChI=1S/C9H11N3O/c1-13-5-4-11-9-3-2-8(6-10)7-12-9/h2-3,7H,4-5H2,1H3,(H,11,12). The van der Waals surface area contributed by atoms with Gasteiger partial charge in [-0.25, -0.2) is 4.98 Å². The number of pyridine rings is 1. The van der Waals surface area contributed by atoms with Gasteiger partial charge in [-0.1, -0.05) is 0 Å². The number of hydrogen-bond donors (Lipinski definition) is 1. The molecule has 0 saturated heterocycles. The van der Waals surface area contributed by atoms with E-state index in [2.05, 4.69) is 10.3 Å². The van der Waals surface area contributed by atoms with Crippen molar-refractivity contribution in [3.63, 3.8) is 0 Å². The molecule has 0 radical (unpaired) electrons. The monoisotopic (exact) mass is 177 g/mol. The molecule has 1 N–H and O–H groups in total. The summed E-state index contributed by atoms with van der Waals surface area (Å²) in [4.78, 5) is 4.03. The summed E-state index contributed by atoms with van der Waals surface area (Å²) in [6.45, 7) is 1.36. The molecule has 0 saturated carbocycles. The Kier molecular flexibility index (Phi) is 3.74. The van der Waals surface area contributed by atoms with Crippen LogP contribution in [0.1, 0.15) is 5.56 Å². The molecule has 68 valence electrons. The summed E-state index contributed by atoms with van der Waals surface area (Å²) in [6, 6.07) is 5.50. The van der Waals surface area contributed by atoms with Crippen molar-refractivity contribution in [2.75, 3.05) is 25.6 Å². The lowest BCUT2D eigenvalue weighted by atomic mass is 10.3. The van der Waals surface area contributed by atoms with Crippen molar-refractivity contribution >= 4 is 5.82 Å². The molecule has 1 aromatic heterocycles. The second-order valence-electron chi connectivity index (χ2n) is 2.46. The van der Waals surface area contributed by atoms with Crippen molar-refractivity contribution in [2.45, 2.75) is 0 Å². The Labute approximate surface area is 77.2 Å². The molecule has 0 fully saturated rings. The zero-order chi connectivity index (χ0) is 9.52. The topological polar surface area (TPSA) is 57.9 Å². The van der Waals surface area contributed by atoms with E-state index in [1.54, 1.807) is 19.2 Å². The van der Waals surface area contributed by atoms with Gasteiger partial charge in [0, 0.05) is 19.9 Å². The van der Waals surface area contributed by atoms with Crippen molar-refractivity contribution in [3.05, 3.63) is 23.9 Å². The second kappa shape index (κ2) is 5.12. The summed E-state index contributed by atoms with van der Waals surface area (Å²) in [5.74, 6) is 0.760. The SMILES string of the molecule is COCCNc1ccc(C#N)cn1. The van der Waals surface area contributed by atoms with E-state index in [1.165, 1.54) is 6.20 Å². The predicted molar refractivity (Wildman–Crippen MR) is 49.3 cm³/mol. The van der Waals surface area contributed by atoms with Gasteiger partial charge in [0.25, 0.3) is 0 Å². The van der Waals surface area contributed by atoms with E-state index in [0.29, 0.717) is 12.2 Å². The molecule has 0 aromatic carbocycles. The minimum Gasteiger partial charge on any atom is -0.383 e. The highest BCUT2D eigenvalue weighted by Crippen LogP contribution is 2.02. The number of anilines is 1. The van der Waals surface area contributed by atoms with Crippen LogP contribution in [0.25, 0.3) is 0 Å². The van der Waals surface area contributed by atoms with Gasteiger partial charge < -0.3 is 10.1 Å². The van der Waals surface area contributed by atoms with Gasteiger partial charge in [0.05, 0.1) is 12.2 Å². The number of methoxy groups -OCH3 is 1. The summed E-state index contributed by atoms with van der Waals surface area (Å²) >= 11 is 0. The average molecular weight is 177 g/mol. The third kappa shape index (κ3) is 3.09. The normalized spacial score (nSPS) is 9.23. The molecule has 0 aliphatic rings. The molecule has 1 rings (SSSR count). The molecule has 0 aliphatic carbocycles. The van der Waals surface area contributed by atoms with Crippen LogP contribution < -0.4 is 5.32 Å². The van der Waals surface area contributed by atoms with Gasteiger partial charge in [-0.3, -0.25) is 0 Å². The molecule has 4 heteroatoms. The molecule has 4 nitrogen and oxygen atoms in total. The number of rotatable bonds is 4. The molecule has 1 aromatic rings. The molecule has 0 amide bonds. The van der Waals surface area contributed by atoms with E-state index in [9.17, 15) is 0 Å². The minimum atomic E-state index is 0.567. The lowest BCUT2D eigenvalue weighted by molar-refractivity contribution is 0.210. The van der Waals surface area contributed by atoms with E-state index in [0.717, 1.165) is 12.4 Å². The molecule has 0 aliphatic heterocycles. The van der Waals surface area contributed by atoms with Crippen LogP contribution in [-0.2, 0) is 4.74 Å². The zero-order valence-electron chi connectivity index (χ0n) is 7.45. The highest BCUT2D eigenvalue weighted by atomic mass is 16.5. The summed E-state index contributed by atoms with van der Waals surface area (Å²) in [7, 11) is 1.65. The van der Waals surface area contributed by atoms with E-state index in [4.69, 9.17) is 10.00 Å². The quantitative estimate of drug-likeness (QED) is 0.697. The van der Waals surface area contributed by atoms with Crippen molar-refractivity contribution in [3.8, 4) is 6.07 Å². The molecular formula is C9H11N3O. The molecule has 0 atom stereocenters. The number of aromatic nitrogens is 1. The Balaban J connectivity index is 2.46. The number of ether oxygens (including phenoxy) is 1. The Morgan fingerprint density at radius 3 is 3.00 bits per heavy atom. The highest BCUT2D eigenvalue weighted by molar-refractivity contribution is 5.38. The van der Waals surface area contributed by atoms with Crippen molar-refractivity contribution in [2.24, 2.45) is 0 Å². The van der Waals surface area contributed by atoms with Crippen molar-refractivity contribution in [1.29, 1.82) is 5.26 Å². The molecule has 0 spiro atoms. The van der Waals surface area contributed by atoms with Crippen LogP contribution in [0.3, 0.4) is 0 Å². The van der Waals surface area contributed by atoms with Gasteiger partial charge in [0.2, 0.25) is 0 Å². The van der Waals surface area contributed by atoms with Gasteiger partial charge in [-0.05, 0) is 12.1 Å². The maximum Gasteiger partial charge on any atom is 0.126 e. The Morgan fingerprint density at radius 1 is 1.62 bits per heavy atom. The Morgan fingerprint density at radius 2 is 2.46 bits per heavy atom. The maximum absolute atomic E-state index is 8.51. The molecule has 0 bridgehead atoms. The van der Waals surface area contributed by atoms with Gasteiger partial charge in [0.1, 0.15) is 11.9 Å². The van der Waals surface area contributed by atoms with E-state index < -0.39 is 0 Å². The molecular weight excluding hydrogens is 166 g/mol. The largest absolute Gasteiger partial charge is 0.383 e. The van der Waals surface area contributed by atoms with Crippen LogP contribution in [0.5, 0.6) is 0 Å². The van der Waals surface area contributed by atoms with Gasteiger partial charge >= 0.3 is 0 Å². The summed E-state index contributed by atoms with van der Waals surface area (Å²) in [5.41, 5.74) is 0.567. The minimum absolute atomic E-state index is 0.567. The van der Waals surface area contributed by atoms with E-state index >= 15 is 0 Å². The average Bonchev–Trinajstić information content (AvgIpc) is 2.19. The van der Waals surface area contributed by atoms with Gasteiger partial charge in [-0.2, -0.15) is 5.26 Å². The van der Waals surface area contributed by atoms with Crippen LogP contribution in [0, 0.1) is 11.3 Å². The van der Waals surface area contributed by atoms with Crippen LogP contribution in [0.15, 0.2) is 18.3 Å². The number of nitrogens with one attached hydrogen (secondary N) is 1. The predicted octanol–water partition coefficient (Wildman–Crippen LogP) is 1.01. The number of nitriles is 1. The first-order valence-corrected chi connectivity index (χ1v) is 3.96. The molecule has 13 heavy (non-hydrogen) atoms. The summed E-state index contributed by atoms with van der Waals surface area (Å²) in [5, 5.41) is 11.6. The van der Waals surface area contributed by atoms with Crippen LogP contribution in [0.2, 0.25) is 0 Å². The first-order valence-electron chi connectivity index (χ1n) is 3.96. The first kappa shape index (κ1) is 9.49. The fourth-order valence-corrected chi connectivity index (χ4v) is 0.846. The number of nitrogens with zero attached hydrogens (tertiary/aromatic N) is 2. The first-order chi connectivity index (χ1) is 6.36. The third-order valence-corrected chi connectivity index (χ3v) is 1.50. The van der Waals surface area contributed by atoms with E-state index in [-0.39, 0.29) is 0 Å². The summed E-state index contributed by atoms with van der Waals surface area (Å²) < 4.78 is 4.87.